The van der Waals surface area contributed by atoms with Crippen LogP contribution < -0.4 is 10.6 Å². The predicted octanol–water partition coefficient (Wildman–Crippen LogP) is 4.27. The molecule has 1 heterocycles. The number of carbonyl (C=O) groups excluding carboxylic acids is 1. The van der Waals surface area contributed by atoms with Crippen molar-refractivity contribution >= 4 is 17.5 Å². The molecule has 3 rings (SSSR count). The molecule has 1 amide bonds. The summed E-state index contributed by atoms with van der Waals surface area (Å²) in [6, 6.07) is 15.8. The van der Waals surface area contributed by atoms with Gasteiger partial charge in [-0.15, -0.1) is 0 Å². The summed E-state index contributed by atoms with van der Waals surface area (Å²) >= 11 is 0. The molecule has 0 spiro atoms. The number of aromatic nitrogens is 2. The van der Waals surface area contributed by atoms with Crippen LogP contribution in [0, 0.1) is 20.8 Å². The van der Waals surface area contributed by atoms with Crippen LogP contribution in [0.1, 0.15) is 32.7 Å². The quantitative estimate of drug-likeness (QED) is 0.724. The fourth-order valence-corrected chi connectivity index (χ4v) is 2.70. The molecule has 1 aromatic heterocycles. The number of anilines is 2. The van der Waals surface area contributed by atoms with E-state index in [9.17, 15) is 4.79 Å². The first-order valence-electron chi connectivity index (χ1n) is 8.52. The van der Waals surface area contributed by atoms with Crippen LogP contribution in [0.25, 0.3) is 0 Å². The van der Waals surface area contributed by atoms with Gasteiger partial charge in [0.05, 0.1) is 0 Å². The van der Waals surface area contributed by atoms with E-state index in [1.54, 1.807) is 12.3 Å². The van der Waals surface area contributed by atoms with Gasteiger partial charge in [0, 0.05) is 18.4 Å². The molecule has 0 bridgehead atoms. The van der Waals surface area contributed by atoms with E-state index in [-0.39, 0.29) is 5.91 Å². The molecule has 0 atom stereocenters. The molecule has 0 aliphatic carbocycles. The first-order valence-corrected chi connectivity index (χ1v) is 8.52. The Morgan fingerprint density at radius 3 is 2.31 bits per heavy atom. The molecule has 26 heavy (non-hydrogen) atoms. The third-order valence-corrected chi connectivity index (χ3v) is 3.94. The van der Waals surface area contributed by atoms with E-state index in [4.69, 9.17) is 0 Å². The Labute approximate surface area is 153 Å². The fourth-order valence-electron chi connectivity index (χ4n) is 2.70. The molecule has 0 saturated heterocycles. The zero-order valence-corrected chi connectivity index (χ0v) is 15.2. The maximum Gasteiger partial charge on any atom is 0.274 e. The van der Waals surface area contributed by atoms with Crippen LogP contribution in [-0.4, -0.2) is 15.9 Å². The summed E-state index contributed by atoms with van der Waals surface area (Å²) in [6.45, 7) is 6.65. The monoisotopic (exact) mass is 346 g/mol. The average Bonchev–Trinajstić information content (AvgIpc) is 2.60. The van der Waals surface area contributed by atoms with Crippen molar-refractivity contribution < 1.29 is 4.79 Å². The van der Waals surface area contributed by atoms with Gasteiger partial charge in [-0.3, -0.25) is 4.79 Å². The summed E-state index contributed by atoms with van der Waals surface area (Å²) in [5.41, 5.74) is 5.64. The molecule has 3 aromatic rings. The van der Waals surface area contributed by atoms with Crippen LogP contribution >= 0.6 is 0 Å². The number of hydrogen-bond donors (Lipinski definition) is 2. The summed E-state index contributed by atoms with van der Waals surface area (Å²) < 4.78 is 0. The lowest BCUT2D eigenvalue weighted by Crippen LogP contribution is -2.15. The highest BCUT2D eigenvalue weighted by Crippen LogP contribution is 2.15. The van der Waals surface area contributed by atoms with E-state index in [0.29, 0.717) is 18.2 Å². The van der Waals surface area contributed by atoms with Crippen molar-refractivity contribution in [2.75, 3.05) is 10.6 Å². The number of hydrogen-bond acceptors (Lipinski definition) is 4. The van der Waals surface area contributed by atoms with Gasteiger partial charge in [-0.25, -0.2) is 9.97 Å². The van der Waals surface area contributed by atoms with Gasteiger partial charge in [0.15, 0.2) is 0 Å². The van der Waals surface area contributed by atoms with Crippen LogP contribution in [0.15, 0.2) is 54.7 Å². The van der Waals surface area contributed by atoms with Crippen LogP contribution in [-0.2, 0) is 6.54 Å². The molecule has 5 heteroatoms. The summed E-state index contributed by atoms with van der Waals surface area (Å²) in [5, 5.41) is 6.05. The predicted molar refractivity (Wildman–Crippen MR) is 104 cm³/mol. The van der Waals surface area contributed by atoms with Crippen LogP contribution in [0.4, 0.5) is 11.6 Å². The van der Waals surface area contributed by atoms with Crippen molar-refractivity contribution in [3.63, 3.8) is 0 Å². The molecule has 2 N–H and O–H groups in total. The Hall–Kier alpha value is -3.21. The van der Waals surface area contributed by atoms with Crippen molar-refractivity contribution in [2.24, 2.45) is 0 Å². The molecule has 0 aliphatic heterocycles. The Kier molecular flexibility index (Phi) is 5.27. The lowest BCUT2D eigenvalue weighted by Gasteiger charge is -2.09. The Bertz CT molecular complexity index is 899. The van der Waals surface area contributed by atoms with Crippen molar-refractivity contribution in [3.05, 3.63) is 82.7 Å². The van der Waals surface area contributed by atoms with Gasteiger partial charge >= 0.3 is 0 Å². The minimum absolute atomic E-state index is 0.254. The van der Waals surface area contributed by atoms with E-state index in [1.807, 2.05) is 26.0 Å². The van der Waals surface area contributed by atoms with Gasteiger partial charge in [-0.05, 0) is 55.7 Å². The maximum absolute atomic E-state index is 12.5. The minimum atomic E-state index is -0.254. The van der Waals surface area contributed by atoms with Crippen molar-refractivity contribution in [1.29, 1.82) is 0 Å². The average molecular weight is 346 g/mol. The van der Waals surface area contributed by atoms with Crippen LogP contribution in [0.2, 0.25) is 0 Å². The van der Waals surface area contributed by atoms with E-state index in [0.717, 1.165) is 22.4 Å². The van der Waals surface area contributed by atoms with Crippen molar-refractivity contribution in [2.45, 2.75) is 27.3 Å². The normalized spacial score (nSPS) is 10.4. The smallest absolute Gasteiger partial charge is 0.274 e. The first-order chi connectivity index (χ1) is 12.5. The molecule has 0 unspecified atom stereocenters. The molecular weight excluding hydrogens is 324 g/mol. The molecule has 0 radical (unpaired) electrons. The molecule has 0 aliphatic rings. The third kappa shape index (κ3) is 4.66. The topological polar surface area (TPSA) is 66.9 Å². The molecule has 0 saturated carbocycles. The number of benzene rings is 2. The molecule has 5 nitrogen and oxygen atoms in total. The molecular formula is C21H22N4O. The van der Waals surface area contributed by atoms with Crippen molar-refractivity contribution in [1.82, 2.24) is 9.97 Å². The van der Waals surface area contributed by atoms with E-state index in [2.05, 4.69) is 57.9 Å². The lowest BCUT2D eigenvalue weighted by atomic mass is 10.1. The Balaban J connectivity index is 1.67. The lowest BCUT2D eigenvalue weighted by molar-refractivity contribution is 0.102. The van der Waals surface area contributed by atoms with Gasteiger partial charge in [0.25, 0.3) is 5.91 Å². The van der Waals surface area contributed by atoms with Gasteiger partial charge in [0.2, 0.25) is 5.95 Å². The van der Waals surface area contributed by atoms with E-state index < -0.39 is 0 Å². The fraction of sp³-hybridized carbons (Fsp3) is 0.190. The number of rotatable bonds is 5. The molecule has 132 valence electrons. The SMILES string of the molecule is Cc1ccc(CNc2nccc(C(=O)Nc3cc(C)cc(C)c3)n2)cc1. The second-order valence-corrected chi connectivity index (χ2v) is 6.44. The highest BCUT2D eigenvalue weighted by molar-refractivity contribution is 6.03. The first kappa shape index (κ1) is 17.6. The third-order valence-electron chi connectivity index (χ3n) is 3.94. The van der Waals surface area contributed by atoms with Gasteiger partial charge in [0.1, 0.15) is 5.69 Å². The second-order valence-electron chi connectivity index (χ2n) is 6.44. The van der Waals surface area contributed by atoms with E-state index >= 15 is 0 Å². The number of amides is 1. The number of aryl methyl sites for hydroxylation is 3. The van der Waals surface area contributed by atoms with E-state index in [1.165, 1.54) is 5.56 Å². The van der Waals surface area contributed by atoms with Gasteiger partial charge in [-0.1, -0.05) is 35.9 Å². The summed E-state index contributed by atoms with van der Waals surface area (Å²) in [5.74, 6) is 0.175. The van der Waals surface area contributed by atoms with Gasteiger partial charge in [-0.2, -0.15) is 0 Å². The van der Waals surface area contributed by atoms with Crippen molar-refractivity contribution in [3.8, 4) is 0 Å². The number of nitrogens with zero attached hydrogens (tertiary/aromatic N) is 2. The Morgan fingerprint density at radius 1 is 0.923 bits per heavy atom. The number of nitrogens with one attached hydrogen (secondary N) is 2. The van der Waals surface area contributed by atoms with Gasteiger partial charge < -0.3 is 10.6 Å². The Morgan fingerprint density at radius 2 is 1.62 bits per heavy atom. The zero-order chi connectivity index (χ0) is 18.5. The minimum Gasteiger partial charge on any atom is -0.350 e. The van der Waals surface area contributed by atoms with Crippen LogP contribution in [0.3, 0.4) is 0 Å². The summed E-state index contributed by atoms with van der Waals surface area (Å²) in [6.07, 6.45) is 1.58. The standard InChI is InChI=1S/C21H22N4O/c1-14-4-6-17(7-5-14)13-23-21-22-9-8-19(25-21)20(26)24-18-11-15(2)10-16(3)12-18/h4-12H,13H2,1-3H3,(H,24,26)(H,22,23,25). The second kappa shape index (κ2) is 7.78. The largest absolute Gasteiger partial charge is 0.350 e. The summed E-state index contributed by atoms with van der Waals surface area (Å²) in [4.78, 5) is 21.0. The highest BCUT2D eigenvalue weighted by Gasteiger charge is 2.10. The molecule has 0 fully saturated rings. The number of carbonyl (C=O) groups is 1. The maximum atomic E-state index is 12.5. The zero-order valence-electron chi connectivity index (χ0n) is 15.2. The highest BCUT2D eigenvalue weighted by atomic mass is 16.1. The van der Waals surface area contributed by atoms with Crippen LogP contribution in [0.5, 0.6) is 0 Å². The summed E-state index contributed by atoms with van der Waals surface area (Å²) in [7, 11) is 0. The molecule has 2 aromatic carbocycles.